The second kappa shape index (κ2) is 30.8. The van der Waals surface area contributed by atoms with Crippen molar-refractivity contribution in [1.82, 2.24) is 4.90 Å². The molecule has 0 aromatic carbocycles. The van der Waals surface area contributed by atoms with Gasteiger partial charge in [-0.1, -0.05) is 71.1 Å². The van der Waals surface area contributed by atoms with E-state index < -0.39 is 85.1 Å². The van der Waals surface area contributed by atoms with Crippen molar-refractivity contribution in [2.24, 2.45) is 35.5 Å². The lowest BCUT2D eigenvalue weighted by Gasteiger charge is -2.43. The van der Waals surface area contributed by atoms with Gasteiger partial charge in [0.2, 0.25) is 5.79 Å². The number of esters is 1. The Morgan fingerprint density at radius 2 is 1.56 bits per heavy atom. The normalized spacial score (nSPS) is 36.9. The van der Waals surface area contributed by atoms with Crippen LogP contribution in [0, 0.1) is 35.5 Å². The third-order valence-electron chi connectivity index (χ3n) is 15.5. The molecule has 3 heterocycles. The first-order valence-corrected chi connectivity index (χ1v) is 29.8. The zero-order valence-electron chi connectivity index (χ0n) is 47.1. The molecule has 1 amide bonds. The van der Waals surface area contributed by atoms with Gasteiger partial charge < -0.3 is 52.8 Å². The average molecular weight is 1080 g/mol. The Labute approximate surface area is 447 Å². The van der Waals surface area contributed by atoms with Crippen LogP contribution in [0.15, 0.2) is 47.6 Å². The van der Waals surface area contributed by atoms with Crippen LogP contribution < -0.4 is 0 Å². The molecule has 426 valence electrons. The SMILES string of the molecule is COCCOCCO[C@H]1C[C@@H]2CC[C@@H](C)[C@@](O)(O2)C(=O)C(=O)N2CCCC[C@H]2C(=O)O[C@H]([C@H](C)C[C@@H]2CC[C@@H](OP(C)(C)=O)[C@H](OC)C2)CC(=O)[C@H](C)/C=C(\C)[C@@H](O)[C@@H](OC)C(=O)[C@H](C)C[C@H](C)/C=C/C=C/C=C/1C. The lowest BCUT2D eigenvalue weighted by atomic mass is 9.78. The number of ether oxygens (including phenoxy) is 7. The average Bonchev–Trinajstić information content (AvgIpc) is 3.36. The molecule has 17 nitrogen and oxygen atoms in total. The molecule has 0 unspecified atom stereocenters. The van der Waals surface area contributed by atoms with Crippen LogP contribution in [0.1, 0.15) is 126 Å². The molecule has 4 aliphatic rings. The highest BCUT2D eigenvalue weighted by Gasteiger charge is 2.53. The Balaban J connectivity index is 1.71. The number of amides is 1. The van der Waals surface area contributed by atoms with E-state index in [1.54, 1.807) is 54.4 Å². The largest absolute Gasteiger partial charge is 0.460 e. The van der Waals surface area contributed by atoms with Crippen molar-refractivity contribution in [3.05, 3.63) is 47.6 Å². The number of cyclic esters (lactones) is 1. The van der Waals surface area contributed by atoms with Crippen molar-refractivity contribution >= 4 is 36.6 Å². The number of aliphatic hydroxyl groups excluding tert-OH is 1. The number of Topliss-reactive ketones (excluding diaryl/α,β-unsaturated/α-hetero) is 3. The summed E-state index contributed by atoms with van der Waals surface area (Å²) in [6.07, 6.45) is 10.9. The number of hydrogen-bond donors (Lipinski definition) is 2. The van der Waals surface area contributed by atoms with Gasteiger partial charge in [0.1, 0.15) is 30.1 Å². The van der Waals surface area contributed by atoms with Gasteiger partial charge in [-0.05, 0) is 107 Å². The summed E-state index contributed by atoms with van der Waals surface area (Å²) in [6.45, 7) is 17.2. The van der Waals surface area contributed by atoms with Crippen LogP contribution in [0.5, 0.6) is 0 Å². The first-order chi connectivity index (χ1) is 35.4. The number of allylic oxidation sites excluding steroid dienone is 6. The first-order valence-electron chi connectivity index (χ1n) is 27.3. The molecule has 3 fully saturated rings. The minimum absolute atomic E-state index is 0.0138. The number of methoxy groups -OCH3 is 3. The van der Waals surface area contributed by atoms with E-state index in [1.165, 1.54) is 12.0 Å². The highest BCUT2D eigenvalue weighted by molar-refractivity contribution is 7.57. The summed E-state index contributed by atoms with van der Waals surface area (Å²) < 4.78 is 59.7. The molecule has 15 atom stereocenters. The maximum Gasteiger partial charge on any atom is 0.329 e. The molecule has 2 saturated heterocycles. The van der Waals surface area contributed by atoms with Crippen molar-refractivity contribution < 1.29 is 76.4 Å². The fourth-order valence-corrected chi connectivity index (χ4v) is 11.9. The van der Waals surface area contributed by atoms with Gasteiger partial charge in [0.05, 0.1) is 50.8 Å². The molecule has 1 aliphatic carbocycles. The van der Waals surface area contributed by atoms with E-state index in [0.29, 0.717) is 76.8 Å². The third-order valence-corrected chi connectivity index (χ3v) is 16.3. The number of piperidine rings is 1. The summed E-state index contributed by atoms with van der Waals surface area (Å²) >= 11 is 0. The predicted octanol–water partition coefficient (Wildman–Crippen LogP) is 7.78. The highest BCUT2D eigenvalue weighted by atomic mass is 31.2. The van der Waals surface area contributed by atoms with Crippen LogP contribution in [0.2, 0.25) is 0 Å². The second-order valence-electron chi connectivity index (χ2n) is 22.2. The van der Waals surface area contributed by atoms with Gasteiger partial charge >= 0.3 is 5.97 Å². The maximum absolute atomic E-state index is 14.6. The van der Waals surface area contributed by atoms with E-state index >= 15 is 0 Å². The number of nitrogens with zero attached hydrogens (tertiary/aromatic N) is 1. The van der Waals surface area contributed by atoms with Crippen LogP contribution in [-0.2, 0) is 66.2 Å². The molecule has 0 spiro atoms. The Kier molecular flexibility index (Phi) is 26.4. The minimum Gasteiger partial charge on any atom is -0.460 e. The fraction of sp³-hybridized carbons (Fsp3) is 0.772. The summed E-state index contributed by atoms with van der Waals surface area (Å²) in [5, 5.41) is 23.7. The quantitative estimate of drug-likeness (QED) is 0.0558. The zero-order chi connectivity index (χ0) is 55.6. The maximum atomic E-state index is 14.6. The minimum atomic E-state index is -2.80. The van der Waals surface area contributed by atoms with Gasteiger partial charge in [0.15, 0.2) is 13.2 Å². The second-order valence-corrected chi connectivity index (χ2v) is 24.9. The van der Waals surface area contributed by atoms with Gasteiger partial charge in [-0.25, -0.2) is 4.79 Å². The molecule has 18 heteroatoms. The molecule has 0 aromatic heterocycles. The summed E-state index contributed by atoms with van der Waals surface area (Å²) in [6, 6.07) is -1.18. The molecule has 2 bridgehead atoms. The van der Waals surface area contributed by atoms with E-state index in [0.717, 1.165) is 12.0 Å². The number of aliphatic hydroxyl groups is 2. The van der Waals surface area contributed by atoms with Crippen molar-refractivity contribution in [3.8, 4) is 0 Å². The molecule has 0 radical (unpaired) electrons. The number of ketones is 3. The Hall–Kier alpha value is -3.22. The van der Waals surface area contributed by atoms with E-state index in [1.807, 2.05) is 58.1 Å². The summed E-state index contributed by atoms with van der Waals surface area (Å²) in [4.78, 5) is 72.9. The summed E-state index contributed by atoms with van der Waals surface area (Å²) in [5.41, 5.74) is 1.21. The lowest BCUT2D eigenvalue weighted by Crippen LogP contribution is -2.61. The van der Waals surface area contributed by atoms with E-state index in [-0.39, 0.29) is 73.9 Å². The molecule has 2 N–H and O–H groups in total. The number of fused-ring (bicyclic) bond motifs is 3. The van der Waals surface area contributed by atoms with Crippen LogP contribution >= 0.6 is 7.37 Å². The Morgan fingerprint density at radius 3 is 2.24 bits per heavy atom. The molecule has 1 saturated carbocycles. The number of rotatable bonds is 14. The standard InChI is InChI=1S/C57H92NO16P/c1-36-18-14-13-15-19-37(2)48(71-29-28-70-27-26-67-8)34-44-23-21-42(7)57(65,73-44)54(62)55(63)58-25-17-16-20-45(58)56(64)72-49(39(4)32-43-22-24-47(50(33-43)68-9)74-75(11,12)66)35-46(59)38(3)31-41(6)52(61)53(69-10)51(60)40(5)30-36/h13-15,18-19,31,36,38-40,42-45,47-50,52-53,61,65H,16-17,20-30,32-35H2,1-12H3/b15-13+,18-14+,37-19+,41-31+/t36-,38-,39-,40-,42-,43+,44+,45+,47-,48+,49+,50-,52-,53+,57-/m1/s1. The van der Waals surface area contributed by atoms with Crippen LogP contribution in [0.25, 0.3) is 0 Å². The van der Waals surface area contributed by atoms with Gasteiger partial charge in [-0.2, -0.15) is 0 Å². The molecular weight excluding hydrogens is 986 g/mol. The smallest absolute Gasteiger partial charge is 0.329 e. The van der Waals surface area contributed by atoms with Crippen molar-refractivity contribution in [3.63, 3.8) is 0 Å². The Bertz CT molecular complexity index is 2050. The molecule has 75 heavy (non-hydrogen) atoms. The van der Waals surface area contributed by atoms with Gasteiger partial charge in [-0.15, -0.1) is 0 Å². The molecule has 3 aliphatic heterocycles. The summed E-state index contributed by atoms with van der Waals surface area (Å²) in [5.74, 6) is -8.33. The van der Waals surface area contributed by atoms with Crippen molar-refractivity contribution in [1.29, 1.82) is 0 Å². The lowest BCUT2D eigenvalue weighted by molar-refractivity contribution is -0.266. The Morgan fingerprint density at radius 1 is 0.840 bits per heavy atom. The monoisotopic (exact) mass is 1080 g/mol. The zero-order valence-corrected chi connectivity index (χ0v) is 48.0. The van der Waals surface area contributed by atoms with Crippen LogP contribution in [-0.4, -0.2) is 167 Å². The van der Waals surface area contributed by atoms with Crippen LogP contribution in [0.3, 0.4) is 0 Å². The predicted molar refractivity (Wildman–Crippen MR) is 285 cm³/mol. The van der Waals surface area contributed by atoms with Crippen molar-refractivity contribution in [2.75, 3.05) is 67.6 Å². The van der Waals surface area contributed by atoms with Crippen LogP contribution in [0.4, 0.5) is 0 Å². The van der Waals surface area contributed by atoms with Gasteiger partial charge in [0, 0.05) is 71.8 Å². The van der Waals surface area contributed by atoms with Gasteiger partial charge in [0.25, 0.3) is 11.7 Å². The first kappa shape index (κ1) is 64.3. The fourth-order valence-electron chi connectivity index (χ4n) is 11.0. The third kappa shape index (κ3) is 19.3. The number of carbonyl (C=O) groups is 5. The number of hydrogen-bond acceptors (Lipinski definition) is 16. The topological polar surface area (TPSA) is 220 Å². The molecular formula is C57H92NO16P. The van der Waals surface area contributed by atoms with E-state index in [4.69, 9.17) is 37.7 Å². The number of carbonyl (C=O) groups excluding carboxylic acids is 5. The van der Waals surface area contributed by atoms with Crippen molar-refractivity contribution in [2.45, 2.75) is 180 Å². The summed E-state index contributed by atoms with van der Waals surface area (Å²) in [7, 11) is 1.76. The molecule has 4 rings (SSSR count). The van der Waals surface area contributed by atoms with Gasteiger partial charge in [-0.3, -0.25) is 23.7 Å². The van der Waals surface area contributed by atoms with E-state index in [2.05, 4.69) is 0 Å². The molecule has 0 aromatic rings. The van der Waals surface area contributed by atoms with E-state index in [9.17, 15) is 38.8 Å². The highest BCUT2D eigenvalue weighted by Crippen LogP contribution is 2.45.